The van der Waals surface area contributed by atoms with E-state index in [2.05, 4.69) is 28.8 Å². The lowest BCUT2D eigenvalue weighted by atomic mass is 10.0. The molecule has 0 saturated carbocycles. The molecule has 0 saturated heterocycles. The van der Waals surface area contributed by atoms with Crippen LogP contribution in [0.15, 0.2) is 47.4 Å². The average Bonchev–Trinajstić information content (AvgIpc) is 2.62. The Labute approximate surface area is 153 Å². The topological polar surface area (TPSA) is 50.4 Å². The molecule has 2 amide bonds. The Morgan fingerprint density at radius 3 is 2.88 bits per heavy atom. The number of hydrogen-bond donors (Lipinski definition) is 2. The van der Waals surface area contributed by atoms with Gasteiger partial charge in [-0.3, -0.25) is 0 Å². The predicted molar refractivity (Wildman–Crippen MR) is 102 cm³/mol. The van der Waals surface area contributed by atoms with Gasteiger partial charge in [-0.1, -0.05) is 35.9 Å². The van der Waals surface area contributed by atoms with E-state index in [0.29, 0.717) is 0 Å². The van der Waals surface area contributed by atoms with Gasteiger partial charge in [0.15, 0.2) is 0 Å². The molecule has 132 valence electrons. The summed E-state index contributed by atoms with van der Waals surface area (Å²) in [6.07, 6.45) is 0.942. The van der Waals surface area contributed by atoms with E-state index < -0.39 is 0 Å². The first-order valence-electron chi connectivity index (χ1n) is 8.51. The number of urea groups is 1. The maximum absolute atomic E-state index is 12.5. The van der Waals surface area contributed by atoms with Gasteiger partial charge in [0.2, 0.25) is 0 Å². The number of fused-ring (bicyclic) bond motifs is 1. The zero-order valence-corrected chi connectivity index (χ0v) is 15.7. The lowest BCUT2D eigenvalue weighted by molar-refractivity contribution is 0.233. The molecule has 4 nitrogen and oxygen atoms in total. The maximum Gasteiger partial charge on any atom is 0.315 e. The van der Waals surface area contributed by atoms with E-state index >= 15 is 0 Å². The van der Waals surface area contributed by atoms with Gasteiger partial charge in [0, 0.05) is 16.2 Å². The number of ether oxygens (including phenoxy) is 1. The van der Waals surface area contributed by atoms with Crippen LogP contribution in [0.5, 0.6) is 5.75 Å². The predicted octanol–water partition coefficient (Wildman–Crippen LogP) is 4.60. The summed E-state index contributed by atoms with van der Waals surface area (Å²) >= 11 is 1.85. The minimum atomic E-state index is -0.150. The van der Waals surface area contributed by atoms with Crippen LogP contribution in [0.25, 0.3) is 0 Å². The van der Waals surface area contributed by atoms with Gasteiger partial charge in [-0.2, -0.15) is 0 Å². The van der Waals surface area contributed by atoms with Crippen molar-refractivity contribution in [2.24, 2.45) is 0 Å². The quantitative estimate of drug-likeness (QED) is 0.842. The summed E-state index contributed by atoms with van der Waals surface area (Å²) in [5, 5.41) is 6.16. The number of carbonyl (C=O) groups is 1. The van der Waals surface area contributed by atoms with Gasteiger partial charge in [-0.25, -0.2) is 4.79 Å². The number of nitrogens with one attached hydrogen (secondary N) is 2. The molecule has 2 aromatic carbocycles. The van der Waals surface area contributed by atoms with Gasteiger partial charge in [-0.15, -0.1) is 11.8 Å². The molecule has 1 aliphatic rings. The van der Waals surface area contributed by atoms with Gasteiger partial charge in [0.25, 0.3) is 0 Å². The molecular weight excluding hydrogens is 332 g/mol. The van der Waals surface area contributed by atoms with Gasteiger partial charge in [0.05, 0.1) is 19.2 Å². The third-order valence-corrected chi connectivity index (χ3v) is 5.59. The van der Waals surface area contributed by atoms with Crippen LogP contribution in [0.4, 0.5) is 4.79 Å². The molecule has 0 bridgehead atoms. The summed E-state index contributed by atoms with van der Waals surface area (Å²) in [6, 6.07) is 14.1. The van der Waals surface area contributed by atoms with Crippen LogP contribution in [0.2, 0.25) is 0 Å². The van der Waals surface area contributed by atoms with Crippen molar-refractivity contribution < 1.29 is 9.53 Å². The van der Waals surface area contributed by atoms with Gasteiger partial charge >= 0.3 is 6.03 Å². The van der Waals surface area contributed by atoms with E-state index in [-0.39, 0.29) is 18.1 Å². The molecule has 5 heteroatoms. The monoisotopic (exact) mass is 356 g/mol. The molecular formula is C20H24N2O2S. The number of carbonyl (C=O) groups excluding carboxylic acids is 1. The van der Waals surface area contributed by atoms with Crippen molar-refractivity contribution in [1.29, 1.82) is 0 Å². The Kier molecular flexibility index (Phi) is 5.53. The standard InChI is InChI=1S/C20H24N2O2S/c1-13-8-9-18(24-3)16(12-13)14(2)21-20(23)22-17-10-11-25-19-7-5-4-6-15(17)19/h4-9,12,14,17H,10-11H2,1-3H3,(H2,21,22,23)/t14-,17-/m1/s1. The average molecular weight is 356 g/mol. The molecule has 25 heavy (non-hydrogen) atoms. The number of rotatable bonds is 4. The number of thioether (sulfide) groups is 1. The second-order valence-electron chi connectivity index (χ2n) is 6.31. The fourth-order valence-electron chi connectivity index (χ4n) is 3.16. The van der Waals surface area contributed by atoms with Crippen LogP contribution in [-0.2, 0) is 0 Å². The molecule has 0 aromatic heterocycles. The normalized spacial score (nSPS) is 17.3. The minimum Gasteiger partial charge on any atom is -0.496 e. The van der Waals surface area contributed by atoms with Crippen LogP contribution >= 0.6 is 11.8 Å². The lowest BCUT2D eigenvalue weighted by Gasteiger charge is -2.27. The second-order valence-corrected chi connectivity index (χ2v) is 7.45. The maximum atomic E-state index is 12.5. The van der Waals surface area contributed by atoms with Crippen molar-refractivity contribution in [3.8, 4) is 5.75 Å². The molecule has 0 unspecified atom stereocenters. The number of hydrogen-bond acceptors (Lipinski definition) is 3. The van der Waals surface area contributed by atoms with Gasteiger partial charge < -0.3 is 15.4 Å². The number of amides is 2. The van der Waals surface area contributed by atoms with Crippen molar-refractivity contribution in [2.75, 3.05) is 12.9 Å². The van der Waals surface area contributed by atoms with E-state index in [0.717, 1.165) is 29.1 Å². The third-order valence-electron chi connectivity index (χ3n) is 4.46. The molecule has 1 aliphatic heterocycles. The zero-order chi connectivity index (χ0) is 17.8. The van der Waals surface area contributed by atoms with Gasteiger partial charge in [0.1, 0.15) is 5.75 Å². The van der Waals surface area contributed by atoms with Crippen molar-refractivity contribution in [2.45, 2.75) is 37.2 Å². The molecule has 2 aromatic rings. The summed E-state index contributed by atoms with van der Waals surface area (Å²) < 4.78 is 5.43. The van der Waals surface area contributed by atoms with E-state index in [4.69, 9.17) is 4.74 Å². The molecule has 1 heterocycles. The fourth-order valence-corrected chi connectivity index (χ4v) is 4.28. The smallest absolute Gasteiger partial charge is 0.315 e. The third kappa shape index (κ3) is 4.10. The largest absolute Gasteiger partial charge is 0.496 e. The van der Waals surface area contributed by atoms with E-state index in [1.54, 1.807) is 7.11 Å². The summed E-state index contributed by atoms with van der Waals surface area (Å²) in [7, 11) is 1.65. The van der Waals surface area contributed by atoms with Gasteiger partial charge in [-0.05, 0) is 38.0 Å². The first-order chi connectivity index (χ1) is 12.1. The highest BCUT2D eigenvalue weighted by Gasteiger charge is 2.23. The van der Waals surface area contributed by atoms with Crippen molar-refractivity contribution in [3.63, 3.8) is 0 Å². The van der Waals surface area contributed by atoms with Crippen LogP contribution in [-0.4, -0.2) is 18.9 Å². The summed E-state index contributed by atoms with van der Waals surface area (Å²) in [5.74, 6) is 1.81. The molecule has 2 atom stereocenters. The lowest BCUT2D eigenvalue weighted by Crippen LogP contribution is -2.40. The van der Waals surface area contributed by atoms with E-state index in [1.807, 2.05) is 49.9 Å². The Morgan fingerprint density at radius 2 is 2.08 bits per heavy atom. The van der Waals surface area contributed by atoms with Crippen molar-refractivity contribution in [1.82, 2.24) is 10.6 Å². The molecule has 2 N–H and O–H groups in total. The Bertz CT molecular complexity index is 763. The molecule has 0 aliphatic carbocycles. The number of benzene rings is 2. The minimum absolute atomic E-state index is 0.0593. The second kappa shape index (κ2) is 7.83. The highest BCUT2D eigenvalue weighted by atomic mass is 32.2. The molecule has 0 radical (unpaired) electrons. The molecule has 3 rings (SSSR count). The van der Waals surface area contributed by atoms with Crippen molar-refractivity contribution in [3.05, 3.63) is 59.2 Å². The van der Waals surface area contributed by atoms with E-state index in [1.165, 1.54) is 10.5 Å². The van der Waals surface area contributed by atoms with Crippen molar-refractivity contribution >= 4 is 17.8 Å². The first-order valence-corrected chi connectivity index (χ1v) is 9.50. The summed E-state index contributed by atoms with van der Waals surface area (Å²) in [6.45, 7) is 4.01. The van der Waals surface area contributed by atoms with Crippen LogP contribution < -0.4 is 15.4 Å². The number of aryl methyl sites for hydroxylation is 1. The molecule has 0 spiro atoms. The Balaban J connectivity index is 1.68. The van der Waals surface area contributed by atoms with Crippen LogP contribution in [0.3, 0.4) is 0 Å². The summed E-state index contributed by atoms with van der Waals surface area (Å²) in [4.78, 5) is 13.8. The number of methoxy groups -OCH3 is 1. The fraction of sp³-hybridized carbons (Fsp3) is 0.350. The SMILES string of the molecule is COc1ccc(C)cc1[C@@H](C)NC(=O)N[C@@H]1CCSc2ccccc21. The van der Waals surface area contributed by atoms with Crippen LogP contribution in [0.1, 0.15) is 42.1 Å². The van der Waals surface area contributed by atoms with E-state index in [9.17, 15) is 4.79 Å². The Hall–Kier alpha value is -2.14. The highest BCUT2D eigenvalue weighted by molar-refractivity contribution is 7.99. The Morgan fingerprint density at radius 1 is 1.28 bits per heavy atom. The molecule has 0 fully saturated rings. The first kappa shape index (κ1) is 17.7. The highest BCUT2D eigenvalue weighted by Crippen LogP contribution is 2.35. The summed E-state index contributed by atoms with van der Waals surface area (Å²) in [5.41, 5.74) is 3.33. The van der Waals surface area contributed by atoms with Crippen LogP contribution in [0, 0.1) is 6.92 Å². The zero-order valence-electron chi connectivity index (χ0n) is 14.8.